The molecule has 0 radical (unpaired) electrons. The summed E-state index contributed by atoms with van der Waals surface area (Å²) in [5.41, 5.74) is 2.37. The average Bonchev–Trinajstić information content (AvgIpc) is 3.07. The number of amides is 1. The lowest BCUT2D eigenvalue weighted by Gasteiger charge is -2.33. The van der Waals surface area contributed by atoms with Crippen LogP contribution in [0.2, 0.25) is 0 Å². The zero-order valence-corrected chi connectivity index (χ0v) is 18.8. The highest BCUT2D eigenvalue weighted by molar-refractivity contribution is 7.88. The second-order valence-electron chi connectivity index (χ2n) is 8.87. The van der Waals surface area contributed by atoms with E-state index in [-0.39, 0.29) is 23.8 Å². The van der Waals surface area contributed by atoms with E-state index in [2.05, 4.69) is 21.1 Å². The minimum Gasteiger partial charge on any atom is -0.356 e. The van der Waals surface area contributed by atoms with Gasteiger partial charge in [-0.15, -0.1) is 0 Å². The van der Waals surface area contributed by atoms with Crippen LogP contribution in [0.25, 0.3) is 17.2 Å². The molecule has 32 heavy (non-hydrogen) atoms. The highest BCUT2D eigenvalue weighted by Crippen LogP contribution is 2.47. The summed E-state index contributed by atoms with van der Waals surface area (Å²) in [5.74, 6) is 0.501. The van der Waals surface area contributed by atoms with Crippen molar-refractivity contribution < 1.29 is 17.6 Å². The largest absolute Gasteiger partial charge is 0.356 e. The molecule has 1 amide bonds. The second kappa shape index (κ2) is 9.50. The SMILES string of the molecule is CS(=O)(=O)N[C@H]1C[C@H]2CC(NC=O)CC[C@H]2[C@@H]1C=Cc1ccc(-c2cccc(F)c2)cn1. The molecule has 170 valence electrons. The maximum Gasteiger partial charge on any atom is 0.208 e. The minimum atomic E-state index is -3.33. The number of aromatic nitrogens is 1. The molecule has 1 aromatic heterocycles. The third kappa shape index (κ3) is 5.42. The number of benzene rings is 1. The Bertz CT molecular complexity index is 1090. The van der Waals surface area contributed by atoms with Gasteiger partial charge in [0.15, 0.2) is 0 Å². The van der Waals surface area contributed by atoms with Crippen LogP contribution in [0.15, 0.2) is 48.7 Å². The molecule has 0 aliphatic heterocycles. The van der Waals surface area contributed by atoms with Gasteiger partial charge in [-0.1, -0.05) is 24.3 Å². The van der Waals surface area contributed by atoms with Gasteiger partial charge in [-0.3, -0.25) is 9.78 Å². The summed E-state index contributed by atoms with van der Waals surface area (Å²) in [4.78, 5) is 15.3. The van der Waals surface area contributed by atoms with Gasteiger partial charge in [0.2, 0.25) is 16.4 Å². The molecule has 0 saturated heterocycles. The van der Waals surface area contributed by atoms with Crippen LogP contribution in [0, 0.1) is 23.6 Å². The predicted molar refractivity (Wildman–Crippen MR) is 122 cm³/mol. The monoisotopic (exact) mass is 457 g/mol. The van der Waals surface area contributed by atoms with E-state index in [0.717, 1.165) is 48.9 Å². The van der Waals surface area contributed by atoms with Gasteiger partial charge in [0.25, 0.3) is 0 Å². The third-order valence-electron chi connectivity index (χ3n) is 6.66. The summed E-state index contributed by atoms with van der Waals surface area (Å²) in [7, 11) is -3.33. The van der Waals surface area contributed by atoms with E-state index >= 15 is 0 Å². The second-order valence-corrected chi connectivity index (χ2v) is 10.6. The Labute approximate surface area is 188 Å². The first-order valence-electron chi connectivity index (χ1n) is 10.9. The molecule has 0 spiro atoms. The van der Waals surface area contributed by atoms with Crippen molar-refractivity contribution in [3.63, 3.8) is 0 Å². The van der Waals surface area contributed by atoms with Gasteiger partial charge in [0, 0.05) is 23.8 Å². The molecule has 2 saturated carbocycles. The van der Waals surface area contributed by atoms with Crippen molar-refractivity contribution in [2.45, 2.75) is 37.8 Å². The molecule has 2 fully saturated rings. The van der Waals surface area contributed by atoms with Crippen molar-refractivity contribution >= 4 is 22.5 Å². The topological polar surface area (TPSA) is 88.2 Å². The van der Waals surface area contributed by atoms with Crippen LogP contribution in [0.5, 0.6) is 0 Å². The van der Waals surface area contributed by atoms with Gasteiger partial charge in [0.05, 0.1) is 11.9 Å². The first-order valence-corrected chi connectivity index (χ1v) is 12.8. The van der Waals surface area contributed by atoms with Crippen molar-refractivity contribution in [3.8, 4) is 11.1 Å². The predicted octanol–water partition coefficient (Wildman–Crippen LogP) is 3.37. The smallest absolute Gasteiger partial charge is 0.208 e. The Morgan fingerprint density at radius 1 is 1.12 bits per heavy atom. The summed E-state index contributed by atoms with van der Waals surface area (Å²) < 4.78 is 40.2. The Kier molecular flexibility index (Phi) is 6.71. The van der Waals surface area contributed by atoms with Gasteiger partial charge >= 0.3 is 0 Å². The Balaban J connectivity index is 1.51. The van der Waals surface area contributed by atoms with Crippen LogP contribution in [0.4, 0.5) is 4.39 Å². The van der Waals surface area contributed by atoms with E-state index in [1.165, 1.54) is 18.4 Å². The van der Waals surface area contributed by atoms with Crippen molar-refractivity contribution in [3.05, 3.63) is 60.2 Å². The number of nitrogens with zero attached hydrogens (tertiary/aromatic N) is 1. The van der Waals surface area contributed by atoms with Gasteiger partial charge in [0.1, 0.15) is 5.82 Å². The van der Waals surface area contributed by atoms with Gasteiger partial charge in [-0.25, -0.2) is 17.5 Å². The van der Waals surface area contributed by atoms with Gasteiger partial charge < -0.3 is 5.32 Å². The van der Waals surface area contributed by atoms with E-state index in [4.69, 9.17) is 0 Å². The molecule has 2 aliphatic carbocycles. The van der Waals surface area contributed by atoms with Crippen molar-refractivity contribution in [2.75, 3.05) is 6.26 Å². The van der Waals surface area contributed by atoms with Gasteiger partial charge in [-0.2, -0.15) is 0 Å². The third-order valence-corrected chi connectivity index (χ3v) is 7.39. The fraction of sp³-hybridized carbons (Fsp3) is 0.417. The highest BCUT2D eigenvalue weighted by atomic mass is 32.2. The lowest BCUT2D eigenvalue weighted by molar-refractivity contribution is -0.110. The molecule has 2 N–H and O–H groups in total. The summed E-state index contributed by atoms with van der Waals surface area (Å²) in [6.07, 6.45) is 11.2. The number of halogens is 1. The number of sulfonamides is 1. The van der Waals surface area contributed by atoms with E-state index in [9.17, 15) is 17.6 Å². The quantitative estimate of drug-likeness (QED) is 0.624. The molecule has 1 unspecified atom stereocenters. The van der Waals surface area contributed by atoms with Crippen molar-refractivity contribution in [1.29, 1.82) is 0 Å². The fourth-order valence-corrected chi connectivity index (χ4v) is 6.13. The van der Waals surface area contributed by atoms with E-state index in [0.29, 0.717) is 11.8 Å². The molecule has 1 aromatic carbocycles. The van der Waals surface area contributed by atoms with E-state index < -0.39 is 10.0 Å². The number of nitrogens with one attached hydrogen (secondary N) is 2. The van der Waals surface area contributed by atoms with Crippen LogP contribution in [-0.4, -0.2) is 38.2 Å². The lowest BCUT2D eigenvalue weighted by atomic mass is 9.76. The van der Waals surface area contributed by atoms with Crippen LogP contribution >= 0.6 is 0 Å². The first kappa shape index (κ1) is 22.6. The molecular weight excluding hydrogens is 429 g/mol. The fourth-order valence-electron chi connectivity index (χ4n) is 5.33. The number of pyridine rings is 1. The molecule has 0 bridgehead atoms. The van der Waals surface area contributed by atoms with Crippen LogP contribution in [0.3, 0.4) is 0 Å². The normalized spacial score (nSPS) is 27.9. The maximum absolute atomic E-state index is 13.5. The van der Waals surface area contributed by atoms with Crippen molar-refractivity contribution in [1.82, 2.24) is 15.0 Å². The lowest BCUT2D eigenvalue weighted by Crippen LogP contribution is -2.38. The molecule has 2 aliphatic rings. The molecule has 2 aromatic rings. The van der Waals surface area contributed by atoms with Crippen molar-refractivity contribution in [2.24, 2.45) is 17.8 Å². The highest BCUT2D eigenvalue weighted by Gasteiger charge is 2.45. The number of fused-ring (bicyclic) bond motifs is 1. The molecule has 1 heterocycles. The summed E-state index contributed by atoms with van der Waals surface area (Å²) in [6, 6.07) is 10.2. The molecular formula is C24H28FN3O3S. The minimum absolute atomic E-state index is 0.0663. The van der Waals surface area contributed by atoms with Crippen LogP contribution in [-0.2, 0) is 14.8 Å². The molecule has 6 nitrogen and oxygen atoms in total. The Morgan fingerprint density at radius 2 is 1.97 bits per heavy atom. The Hall–Kier alpha value is -2.58. The van der Waals surface area contributed by atoms with Crippen LogP contribution in [0.1, 0.15) is 31.4 Å². The average molecular weight is 458 g/mol. The number of hydrogen-bond acceptors (Lipinski definition) is 4. The summed E-state index contributed by atoms with van der Waals surface area (Å²) in [6.45, 7) is 0. The zero-order valence-electron chi connectivity index (χ0n) is 17.9. The van der Waals surface area contributed by atoms with Crippen LogP contribution < -0.4 is 10.0 Å². The zero-order chi connectivity index (χ0) is 22.7. The van der Waals surface area contributed by atoms with E-state index in [1.807, 2.05) is 24.3 Å². The first-order chi connectivity index (χ1) is 15.3. The van der Waals surface area contributed by atoms with Gasteiger partial charge in [-0.05, 0) is 73.3 Å². The summed E-state index contributed by atoms with van der Waals surface area (Å²) >= 11 is 0. The Morgan fingerprint density at radius 3 is 2.66 bits per heavy atom. The molecule has 8 heteroatoms. The number of rotatable bonds is 7. The standard InChI is InChI=1S/C24H28FN3O3S/c1-32(30,31)28-24-13-18-12-21(27-15-29)8-9-22(18)23(24)10-7-20-6-5-17(14-26-20)16-3-2-4-19(25)11-16/h2-7,10-11,14-15,18,21-24,28H,8-9,12-13H2,1H3,(H,27,29)/t18-,21?,22-,23+,24+/m1/s1. The number of hydrogen-bond donors (Lipinski definition) is 2. The van der Waals surface area contributed by atoms with E-state index in [1.54, 1.807) is 12.3 Å². The summed E-state index contributed by atoms with van der Waals surface area (Å²) in [5, 5.41) is 2.88. The maximum atomic E-state index is 13.5. The molecule has 4 rings (SSSR count). The number of carbonyl (C=O) groups excluding carboxylic acids is 1. The number of carbonyl (C=O) groups is 1. The molecule has 5 atom stereocenters.